The first-order valence-electron chi connectivity index (χ1n) is 8.53. The molecule has 2 aromatic rings. The third kappa shape index (κ3) is 4.85. The average molecular weight is 373 g/mol. The highest BCUT2D eigenvalue weighted by Crippen LogP contribution is 2.26. The molecule has 0 unspecified atom stereocenters. The molecule has 0 saturated heterocycles. The molecule has 0 saturated carbocycles. The van der Waals surface area contributed by atoms with Gasteiger partial charge in [0.1, 0.15) is 6.54 Å². The van der Waals surface area contributed by atoms with Crippen LogP contribution in [0.25, 0.3) is 0 Å². The van der Waals surface area contributed by atoms with Gasteiger partial charge in [0.05, 0.1) is 0 Å². The summed E-state index contributed by atoms with van der Waals surface area (Å²) in [5.74, 6) is -0.461. The fraction of sp³-hybridized carbons (Fsp3) is 0.333. The van der Waals surface area contributed by atoms with E-state index in [0.29, 0.717) is 16.4 Å². The van der Waals surface area contributed by atoms with E-state index in [1.807, 2.05) is 31.2 Å². The third-order valence-electron chi connectivity index (χ3n) is 4.27. The molecule has 0 aliphatic heterocycles. The molecule has 1 N–H and O–H groups in total. The smallest absolute Gasteiger partial charge is 0.244 e. The van der Waals surface area contributed by atoms with Crippen molar-refractivity contribution in [1.29, 1.82) is 0 Å². The van der Waals surface area contributed by atoms with Crippen LogP contribution >= 0.6 is 11.6 Å². The molecule has 0 heterocycles. The van der Waals surface area contributed by atoms with E-state index in [9.17, 15) is 9.59 Å². The number of nitrogens with zero attached hydrogens (tertiary/aromatic N) is 1. The van der Waals surface area contributed by atoms with E-state index in [1.54, 1.807) is 18.2 Å². The molecule has 0 fully saturated rings. The van der Waals surface area contributed by atoms with Crippen molar-refractivity contribution in [1.82, 2.24) is 0 Å². The summed E-state index contributed by atoms with van der Waals surface area (Å²) in [7, 11) is 0. The van der Waals surface area contributed by atoms with Crippen molar-refractivity contribution in [3.63, 3.8) is 0 Å². The number of amides is 2. The summed E-state index contributed by atoms with van der Waals surface area (Å²) in [5, 5.41) is 3.41. The van der Waals surface area contributed by atoms with Gasteiger partial charge < -0.3 is 10.2 Å². The number of anilines is 2. The van der Waals surface area contributed by atoms with E-state index in [1.165, 1.54) is 17.4 Å². The minimum atomic E-state index is -0.273. The maximum absolute atomic E-state index is 12.4. The lowest BCUT2D eigenvalue weighted by Gasteiger charge is -2.23. The van der Waals surface area contributed by atoms with Crippen LogP contribution in [0.4, 0.5) is 11.4 Å². The molecule has 0 bridgehead atoms. The highest BCUT2D eigenvalue weighted by Gasteiger charge is 2.18. The third-order valence-corrected chi connectivity index (χ3v) is 4.68. The van der Waals surface area contributed by atoms with Crippen molar-refractivity contribution in [3.8, 4) is 0 Å². The lowest BCUT2D eigenvalue weighted by atomic mass is 9.87. The molecule has 0 aliphatic carbocycles. The second kappa shape index (κ2) is 7.92. The number of carbonyl (C=O) groups excluding carboxylic acids is 2. The summed E-state index contributed by atoms with van der Waals surface area (Å²) < 4.78 is 0. The zero-order valence-corrected chi connectivity index (χ0v) is 16.6. The average Bonchev–Trinajstić information content (AvgIpc) is 2.56. The van der Waals surface area contributed by atoms with Crippen molar-refractivity contribution in [2.75, 3.05) is 16.8 Å². The second-order valence-electron chi connectivity index (χ2n) is 7.36. The molecule has 0 radical (unpaired) electrons. The van der Waals surface area contributed by atoms with Crippen LogP contribution in [0.2, 0.25) is 5.02 Å². The fourth-order valence-electron chi connectivity index (χ4n) is 2.60. The Hall–Kier alpha value is -2.33. The molecule has 4 nitrogen and oxygen atoms in total. The Balaban J connectivity index is 2.16. The predicted molar refractivity (Wildman–Crippen MR) is 108 cm³/mol. The van der Waals surface area contributed by atoms with E-state index in [0.717, 1.165) is 5.56 Å². The van der Waals surface area contributed by atoms with Crippen LogP contribution < -0.4 is 10.2 Å². The molecule has 5 heteroatoms. The van der Waals surface area contributed by atoms with Gasteiger partial charge in [-0.25, -0.2) is 0 Å². The van der Waals surface area contributed by atoms with E-state index in [-0.39, 0.29) is 23.8 Å². The van der Waals surface area contributed by atoms with Crippen LogP contribution in [0.1, 0.15) is 38.8 Å². The summed E-state index contributed by atoms with van der Waals surface area (Å²) in [4.78, 5) is 26.0. The molecule has 2 aromatic carbocycles. The summed E-state index contributed by atoms with van der Waals surface area (Å²) in [6.07, 6.45) is 0. The highest BCUT2D eigenvalue weighted by atomic mass is 35.5. The number of carbonyl (C=O) groups is 2. The van der Waals surface area contributed by atoms with E-state index < -0.39 is 0 Å². The van der Waals surface area contributed by atoms with Gasteiger partial charge in [-0.3, -0.25) is 9.59 Å². The maximum atomic E-state index is 12.4. The van der Waals surface area contributed by atoms with Gasteiger partial charge in [-0.1, -0.05) is 50.6 Å². The van der Waals surface area contributed by atoms with E-state index in [4.69, 9.17) is 11.6 Å². The normalized spacial score (nSPS) is 11.2. The van der Waals surface area contributed by atoms with Gasteiger partial charge in [0.2, 0.25) is 11.8 Å². The molecule has 0 spiro atoms. The monoisotopic (exact) mass is 372 g/mol. The molecule has 0 aliphatic rings. The predicted octanol–water partition coefficient (Wildman–Crippen LogP) is 4.94. The van der Waals surface area contributed by atoms with Gasteiger partial charge in [-0.05, 0) is 47.7 Å². The van der Waals surface area contributed by atoms with E-state index >= 15 is 0 Å². The lowest BCUT2D eigenvalue weighted by Crippen LogP contribution is -2.36. The van der Waals surface area contributed by atoms with Gasteiger partial charge in [0.25, 0.3) is 0 Å². The van der Waals surface area contributed by atoms with Crippen LogP contribution in [-0.4, -0.2) is 18.4 Å². The van der Waals surface area contributed by atoms with E-state index in [2.05, 4.69) is 26.1 Å². The quantitative estimate of drug-likeness (QED) is 0.826. The summed E-state index contributed by atoms with van der Waals surface area (Å²) in [6.45, 7) is 9.63. The second-order valence-corrected chi connectivity index (χ2v) is 7.77. The Morgan fingerprint density at radius 1 is 1.08 bits per heavy atom. The Labute approximate surface area is 160 Å². The first-order valence-corrected chi connectivity index (χ1v) is 8.91. The number of halogens is 1. The molecule has 0 atom stereocenters. The first-order chi connectivity index (χ1) is 12.1. The molecule has 2 amide bonds. The zero-order chi connectivity index (χ0) is 19.5. The SMILES string of the molecule is CC(=O)N(CC(=O)Nc1cccc(Cl)c1C)c1ccc(C(C)(C)C)cc1. The highest BCUT2D eigenvalue weighted by molar-refractivity contribution is 6.31. The minimum Gasteiger partial charge on any atom is -0.324 e. The van der Waals surface area contributed by atoms with Crippen LogP contribution in [0.3, 0.4) is 0 Å². The minimum absolute atomic E-state index is 0.0288. The zero-order valence-electron chi connectivity index (χ0n) is 15.9. The first kappa shape index (κ1) is 20.0. The summed E-state index contributed by atoms with van der Waals surface area (Å²) in [5.41, 5.74) is 3.34. The van der Waals surface area contributed by atoms with Gasteiger partial charge in [0, 0.05) is 23.3 Å². The molecular weight excluding hydrogens is 348 g/mol. The number of nitrogens with one attached hydrogen (secondary N) is 1. The fourth-order valence-corrected chi connectivity index (χ4v) is 2.78. The van der Waals surface area contributed by atoms with Gasteiger partial charge in [0.15, 0.2) is 0 Å². The van der Waals surface area contributed by atoms with Crippen LogP contribution in [-0.2, 0) is 15.0 Å². The van der Waals surface area contributed by atoms with Crippen molar-refractivity contribution in [3.05, 3.63) is 58.6 Å². The van der Waals surface area contributed by atoms with Crippen molar-refractivity contribution in [2.24, 2.45) is 0 Å². The Morgan fingerprint density at radius 3 is 2.23 bits per heavy atom. The molecule has 2 rings (SSSR count). The number of hydrogen-bond acceptors (Lipinski definition) is 2. The summed E-state index contributed by atoms with van der Waals surface area (Å²) in [6, 6.07) is 13.1. The van der Waals surface area contributed by atoms with Crippen LogP contribution in [0, 0.1) is 6.92 Å². The molecular formula is C21H25ClN2O2. The molecule has 0 aromatic heterocycles. The van der Waals surface area contributed by atoms with Crippen LogP contribution in [0.5, 0.6) is 0 Å². The largest absolute Gasteiger partial charge is 0.324 e. The lowest BCUT2D eigenvalue weighted by molar-refractivity contribution is -0.120. The molecule has 26 heavy (non-hydrogen) atoms. The Kier molecular flexibility index (Phi) is 6.09. The number of benzene rings is 2. The number of rotatable bonds is 4. The van der Waals surface area contributed by atoms with Gasteiger partial charge in [-0.2, -0.15) is 0 Å². The Bertz CT molecular complexity index is 808. The van der Waals surface area contributed by atoms with Gasteiger partial charge >= 0.3 is 0 Å². The van der Waals surface area contributed by atoms with Crippen LogP contribution in [0.15, 0.2) is 42.5 Å². The van der Waals surface area contributed by atoms with Crippen molar-refractivity contribution >= 4 is 34.8 Å². The number of hydrogen-bond donors (Lipinski definition) is 1. The Morgan fingerprint density at radius 2 is 1.69 bits per heavy atom. The van der Waals surface area contributed by atoms with Gasteiger partial charge in [-0.15, -0.1) is 0 Å². The standard InChI is InChI=1S/C21H25ClN2O2/c1-14-18(22)7-6-8-19(14)23-20(26)13-24(15(2)25)17-11-9-16(10-12-17)21(3,4)5/h6-12H,13H2,1-5H3,(H,23,26). The topological polar surface area (TPSA) is 49.4 Å². The van der Waals surface area contributed by atoms with Crippen molar-refractivity contribution < 1.29 is 9.59 Å². The summed E-state index contributed by atoms with van der Waals surface area (Å²) >= 11 is 6.09. The van der Waals surface area contributed by atoms with Crippen molar-refractivity contribution in [2.45, 2.75) is 40.0 Å². The maximum Gasteiger partial charge on any atom is 0.244 e. The molecule has 138 valence electrons.